The fourth-order valence-corrected chi connectivity index (χ4v) is 4.35. The number of unbranched alkanes of at least 4 members (excludes halogenated alkanes) is 1. The highest BCUT2D eigenvalue weighted by Gasteiger charge is 2.36. The highest BCUT2D eigenvalue weighted by atomic mass is 19.1. The number of aryl methyl sites for hydroxylation is 1. The van der Waals surface area contributed by atoms with Gasteiger partial charge in [-0.25, -0.2) is 0 Å². The Hall–Kier alpha value is -2.14. The molecular weight excluding hydrogens is 331 g/mol. The van der Waals surface area contributed by atoms with Crippen molar-refractivity contribution in [3.8, 4) is 0 Å². The molecule has 1 aromatic heterocycles. The van der Waals surface area contributed by atoms with E-state index < -0.39 is 0 Å². The average Bonchev–Trinajstić information content (AvgIpc) is 2.96. The molecule has 2 atom stereocenters. The molecule has 138 valence electrons. The van der Waals surface area contributed by atoms with Crippen LogP contribution >= 0.6 is 0 Å². The Morgan fingerprint density at radius 2 is 2.15 bits per heavy atom. The van der Waals surface area contributed by atoms with Gasteiger partial charge in [-0.3, -0.25) is 14.1 Å². The number of rotatable bonds is 5. The third kappa shape index (κ3) is 2.84. The van der Waals surface area contributed by atoms with Crippen molar-refractivity contribution in [2.24, 2.45) is 13.0 Å². The largest absolute Gasteiger partial charge is 0.465 e. The Labute approximate surface area is 153 Å². The van der Waals surface area contributed by atoms with Gasteiger partial charge < -0.3 is 9.30 Å². The molecule has 0 amide bonds. The molecule has 0 saturated carbocycles. The van der Waals surface area contributed by atoms with Crippen LogP contribution in [0, 0.1) is 5.92 Å². The van der Waals surface area contributed by atoms with Gasteiger partial charge in [0, 0.05) is 36.7 Å². The van der Waals surface area contributed by atoms with Gasteiger partial charge in [-0.1, -0.05) is 18.2 Å². The van der Waals surface area contributed by atoms with Crippen LogP contribution in [0.15, 0.2) is 30.5 Å². The molecule has 2 aliphatic rings. The molecule has 4 rings (SSSR count). The van der Waals surface area contributed by atoms with Crippen LogP contribution in [0.25, 0.3) is 16.5 Å². The summed E-state index contributed by atoms with van der Waals surface area (Å²) in [5.74, 6) is -0.468. The van der Waals surface area contributed by atoms with Gasteiger partial charge in [-0.2, -0.15) is 0 Å². The predicted molar refractivity (Wildman–Crippen MR) is 101 cm³/mol. The van der Waals surface area contributed by atoms with Crippen molar-refractivity contribution in [3.63, 3.8) is 0 Å². The van der Waals surface area contributed by atoms with E-state index in [1.54, 1.807) is 0 Å². The Kier molecular flexibility index (Phi) is 4.57. The lowest BCUT2D eigenvalue weighted by molar-refractivity contribution is -0.147. The van der Waals surface area contributed by atoms with Gasteiger partial charge in [0.1, 0.15) is 0 Å². The van der Waals surface area contributed by atoms with Crippen LogP contribution in [0.3, 0.4) is 0 Å². The van der Waals surface area contributed by atoms with Crippen molar-refractivity contribution in [2.45, 2.75) is 25.3 Å². The van der Waals surface area contributed by atoms with Gasteiger partial charge in [0.05, 0.1) is 19.2 Å². The maximum atomic E-state index is 12.5. The third-order valence-electron chi connectivity index (χ3n) is 5.65. The topological polar surface area (TPSA) is 34.5 Å². The minimum Gasteiger partial charge on any atom is -0.465 e. The van der Waals surface area contributed by atoms with Crippen LogP contribution in [-0.4, -0.2) is 48.4 Å². The summed E-state index contributed by atoms with van der Waals surface area (Å²) in [4.78, 5) is 14.7. The zero-order valence-corrected chi connectivity index (χ0v) is 15.4. The summed E-state index contributed by atoms with van der Waals surface area (Å²) in [5, 5.41) is 1.31. The summed E-state index contributed by atoms with van der Waals surface area (Å²) in [6, 6.07) is 6.69. The van der Waals surface area contributed by atoms with Crippen LogP contribution in [-0.2, 0) is 23.0 Å². The van der Waals surface area contributed by atoms with Gasteiger partial charge in [0.15, 0.2) is 0 Å². The summed E-state index contributed by atoms with van der Waals surface area (Å²) in [7, 11) is 4.16. The first-order chi connectivity index (χ1) is 12.6. The lowest BCUT2D eigenvalue weighted by atomic mass is 9.80. The first-order valence-corrected chi connectivity index (χ1v) is 9.32. The molecule has 0 saturated heterocycles. The Morgan fingerprint density at radius 3 is 2.96 bits per heavy atom. The second kappa shape index (κ2) is 6.88. The molecule has 0 unspecified atom stereocenters. The SMILES string of the molecule is CN1C[C@H](C(=O)OCCCCF)C=C2c3cccc4c3c(cn4C)C[C@H]21. The van der Waals surface area contributed by atoms with Crippen molar-refractivity contribution in [1.29, 1.82) is 0 Å². The minimum absolute atomic E-state index is 0.201. The first kappa shape index (κ1) is 17.3. The molecule has 2 aromatic rings. The Bertz CT molecular complexity index is 870. The number of nitrogens with zero attached hydrogens (tertiary/aromatic N) is 2. The van der Waals surface area contributed by atoms with E-state index in [1.807, 2.05) is 0 Å². The Balaban J connectivity index is 1.65. The molecule has 0 N–H and O–H groups in total. The third-order valence-corrected chi connectivity index (χ3v) is 5.65. The molecule has 0 bridgehead atoms. The average molecular weight is 356 g/mol. The number of alkyl halides is 1. The second-order valence-electron chi connectivity index (χ2n) is 7.42. The number of esters is 1. The number of carbonyl (C=O) groups is 1. The summed E-state index contributed by atoms with van der Waals surface area (Å²) in [5.41, 5.74) is 5.07. The van der Waals surface area contributed by atoms with Crippen LogP contribution in [0.1, 0.15) is 24.0 Å². The number of fused-ring (bicyclic) bond motifs is 2. The highest BCUT2D eigenvalue weighted by Crippen LogP contribution is 2.41. The van der Waals surface area contributed by atoms with E-state index in [-0.39, 0.29) is 18.6 Å². The van der Waals surface area contributed by atoms with Gasteiger partial charge in [0.25, 0.3) is 0 Å². The number of carbonyl (C=O) groups excluding carboxylic acids is 1. The lowest BCUT2D eigenvalue weighted by Gasteiger charge is -2.39. The summed E-state index contributed by atoms with van der Waals surface area (Å²) in [6.45, 7) is 0.598. The van der Waals surface area contributed by atoms with Crippen LogP contribution < -0.4 is 0 Å². The van der Waals surface area contributed by atoms with E-state index in [9.17, 15) is 9.18 Å². The van der Waals surface area contributed by atoms with Crippen molar-refractivity contribution in [2.75, 3.05) is 26.9 Å². The first-order valence-electron chi connectivity index (χ1n) is 9.32. The number of hydrogen-bond donors (Lipinski definition) is 0. The maximum Gasteiger partial charge on any atom is 0.314 e. The molecule has 5 heteroatoms. The zero-order chi connectivity index (χ0) is 18.3. The number of halogens is 1. The molecule has 1 aromatic carbocycles. The zero-order valence-electron chi connectivity index (χ0n) is 15.4. The number of hydrogen-bond acceptors (Lipinski definition) is 3. The highest BCUT2D eigenvalue weighted by molar-refractivity contribution is 5.99. The normalized spacial score (nSPS) is 22.2. The second-order valence-corrected chi connectivity index (χ2v) is 7.42. The van der Waals surface area contributed by atoms with E-state index in [0.29, 0.717) is 32.0 Å². The van der Waals surface area contributed by atoms with E-state index in [4.69, 9.17) is 4.74 Å². The fourth-order valence-electron chi connectivity index (χ4n) is 4.35. The van der Waals surface area contributed by atoms with Gasteiger partial charge in [-0.15, -0.1) is 0 Å². The summed E-state index contributed by atoms with van der Waals surface area (Å²) in [6.07, 6.45) is 6.32. The van der Waals surface area contributed by atoms with Crippen molar-refractivity contribution in [3.05, 3.63) is 41.6 Å². The molecule has 1 aliphatic heterocycles. The van der Waals surface area contributed by atoms with E-state index >= 15 is 0 Å². The lowest BCUT2D eigenvalue weighted by Crippen LogP contribution is -2.44. The molecule has 0 radical (unpaired) electrons. The quantitative estimate of drug-likeness (QED) is 0.609. The molecule has 4 nitrogen and oxygen atoms in total. The van der Waals surface area contributed by atoms with Gasteiger partial charge in [0.2, 0.25) is 0 Å². The number of aromatic nitrogens is 1. The monoisotopic (exact) mass is 356 g/mol. The van der Waals surface area contributed by atoms with E-state index in [2.05, 4.69) is 54.0 Å². The molecule has 2 heterocycles. The summed E-state index contributed by atoms with van der Waals surface area (Å²) < 4.78 is 19.7. The van der Waals surface area contributed by atoms with Crippen LogP contribution in [0.4, 0.5) is 4.39 Å². The molecule has 1 aliphatic carbocycles. The van der Waals surface area contributed by atoms with Crippen molar-refractivity contribution < 1.29 is 13.9 Å². The standard InChI is InChI=1S/C21H25FN2O2/c1-23-12-14-11-19-17(16-6-5-7-18(23)20(14)16)10-15(13-24(19)2)21(25)26-9-4-3-8-22/h5-7,10,12,15,19H,3-4,8-9,11,13H2,1-2H3/t15-,19-/m1/s1. The van der Waals surface area contributed by atoms with Crippen molar-refractivity contribution in [1.82, 2.24) is 9.47 Å². The minimum atomic E-state index is -0.362. The molecular formula is C21H25FN2O2. The maximum absolute atomic E-state index is 12.5. The van der Waals surface area contributed by atoms with Gasteiger partial charge in [-0.05, 0) is 49.1 Å². The van der Waals surface area contributed by atoms with Crippen LogP contribution in [0.5, 0.6) is 0 Å². The molecule has 26 heavy (non-hydrogen) atoms. The number of likely N-dealkylation sites (N-methyl/N-ethyl adjacent to an activating group) is 1. The van der Waals surface area contributed by atoms with Gasteiger partial charge >= 0.3 is 5.97 Å². The van der Waals surface area contributed by atoms with E-state index in [1.165, 1.54) is 27.6 Å². The summed E-state index contributed by atoms with van der Waals surface area (Å²) >= 11 is 0. The fraction of sp³-hybridized carbons (Fsp3) is 0.476. The smallest absolute Gasteiger partial charge is 0.314 e. The predicted octanol–water partition coefficient (Wildman–Crippen LogP) is 3.34. The van der Waals surface area contributed by atoms with E-state index in [0.717, 1.165) is 6.42 Å². The van der Waals surface area contributed by atoms with Crippen LogP contribution in [0.2, 0.25) is 0 Å². The molecule has 0 spiro atoms. The number of ether oxygens (including phenoxy) is 1. The Morgan fingerprint density at radius 1 is 1.31 bits per heavy atom. The molecule has 0 fully saturated rings. The van der Waals surface area contributed by atoms with Crippen molar-refractivity contribution >= 4 is 22.4 Å². The number of benzene rings is 1.